The van der Waals surface area contributed by atoms with Gasteiger partial charge in [-0.15, -0.1) is 0 Å². The van der Waals surface area contributed by atoms with Gasteiger partial charge in [0.25, 0.3) is 0 Å². The number of hydrogen-bond donors (Lipinski definition) is 1. The van der Waals surface area contributed by atoms with Crippen molar-refractivity contribution in [1.82, 2.24) is 0 Å². The molecule has 0 bridgehead atoms. The minimum Gasteiger partial charge on any atom is -0.454 e. The molecule has 0 spiro atoms. The minimum absolute atomic E-state index is 0.0469. The van der Waals surface area contributed by atoms with Crippen molar-refractivity contribution in [3.8, 4) is 11.5 Å². The molecule has 0 amide bonds. The third-order valence-electron chi connectivity index (χ3n) is 4.68. The van der Waals surface area contributed by atoms with Crippen LogP contribution in [0.25, 0.3) is 0 Å². The number of aliphatic hydroxyl groups excluding tert-OH is 1. The average molecular weight is 272 g/mol. The van der Waals surface area contributed by atoms with Crippen LogP contribution in [0.1, 0.15) is 41.8 Å². The van der Waals surface area contributed by atoms with Gasteiger partial charge in [0.15, 0.2) is 17.3 Å². The fourth-order valence-electron chi connectivity index (χ4n) is 3.64. The summed E-state index contributed by atoms with van der Waals surface area (Å²) in [5.41, 5.74) is 2.45. The molecule has 0 saturated carbocycles. The minimum atomic E-state index is -0.659. The van der Waals surface area contributed by atoms with E-state index in [2.05, 4.69) is 6.08 Å². The highest BCUT2D eigenvalue weighted by Gasteiger charge is 2.44. The average Bonchev–Trinajstić information content (AvgIpc) is 2.92. The summed E-state index contributed by atoms with van der Waals surface area (Å²) in [6.07, 6.45) is 2.96. The van der Waals surface area contributed by atoms with Gasteiger partial charge in [-0.2, -0.15) is 0 Å². The zero-order chi connectivity index (χ0) is 13.9. The number of fused-ring (bicyclic) bond motifs is 4. The largest absolute Gasteiger partial charge is 0.454 e. The molecular formula is C16H16O4. The Balaban J connectivity index is 1.87. The lowest BCUT2D eigenvalue weighted by Crippen LogP contribution is -2.36. The fourth-order valence-corrected chi connectivity index (χ4v) is 3.64. The monoisotopic (exact) mass is 272 g/mol. The topological polar surface area (TPSA) is 55.8 Å². The number of Topliss-reactive ketones (excluding diaryl/α,β-unsaturated/α-hetero) is 1. The number of ether oxygens (including phenoxy) is 2. The number of aliphatic hydroxyl groups is 1. The number of hydrogen-bond acceptors (Lipinski definition) is 4. The van der Waals surface area contributed by atoms with Crippen molar-refractivity contribution in [2.45, 2.75) is 25.9 Å². The van der Waals surface area contributed by atoms with E-state index in [1.165, 1.54) is 5.57 Å². The first-order valence-corrected chi connectivity index (χ1v) is 6.97. The van der Waals surface area contributed by atoms with Gasteiger partial charge >= 0.3 is 0 Å². The lowest BCUT2D eigenvalue weighted by atomic mass is 9.67. The van der Waals surface area contributed by atoms with Crippen LogP contribution in [0.15, 0.2) is 23.8 Å². The van der Waals surface area contributed by atoms with Crippen molar-refractivity contribution in [3.05, 3.63) is 34.9 Å². The number of ketones is 1. The number of rotatable bonds is 0. The molecule has 1 aromatic rings. The summed E-state index contributed by atoms with van der Waals surface area (Å²) in [5, 5.41) is 10.7. The van der Waals surface area contributed by atoms with Crippen molar-refractivity contribution >= 4 is 5.78 Å². The van der Waals surface area contributed by atoms with E-state index in [1.807, 2.05) is 6.92 Å². The van der Waals surface area contributed by atoms with Crippen LogP contribution in [0, 0.1) is 11.8 Å². The van der Waals surface area contributed by atoms with Crippen LogP contribution >= 0.6 is 0 Å². The molecule has 0 fully saturated rings. The second-order valence-corrected chi connectivity index (χ2v) is 5.83. The first-order valence-electron chi connectivity index (χ1n) is 6.97. The molecule has 4 rings (SSSR count). The molecule has 3 unspecified atom stereocenters. The number of benzene rings is 1. The van der Waals surface area contributed by atoms with E-state index in [0.717, 1.165) is 12.8 Å². The molecule has 0 radical (unpaired) electrons. The van der Waals surface area contributed by atoms with Crippen LogP contribution < -0.4 is 9.47 Å². The Hall–Kier alpha value is -1.81. The Labute approximate surface area is 117 Å². The third-order valence-corrected chi connectivity index (χ3v) is 4.68. The van der Waals surface area contributed by atoms with Crippen LogP contribution in [0.2, 0.25) is 0 Å². The van der Waals surface area contributed by atoms with E-state index in [4.69, 9.17) is 9.47 Å². The molecule has 1 heterocycles. The Bertz CT molecular complexity index is 632. The molecule has 1 aliphatic heterocycles. The second-order valence-electron chi connectivity index (χ2n) is 5.83. The summed E-state index contributed by atoms with van der Waals surface area (Å²) in [5.74, 6) is 1.14. The normalized spacial score (nSPS) is 30.6. The molecule has 104 valence electrons. The molecule has 20 heavy (non-hydrogen) atoms. The predicted molar refractivity (Wildman–Crippen MR) is 71.8 cm³/mol. The van der Waals surface area contributed by atoms with Gasteiger partial charge in [-0.3, -0.25) is 4.79 Å². The maximum absolute atomic E-state index is 12.7. The SMILES string of the molecule is CC1=CCC2C(C1)C(=O)c1ccc3c(c1C2O)OCO3. The number of allylic oxidation sites excluding steroid dienone is 2. The second kappa shape index (κ2) is 4.09. The van der Waals surface area contributed by atoms with Crippen LogP contribution in [-0.4, -0.2) is 17.7 Å². The van der Waals surface area contributed by atoms with Crippen molar-refractivity contribution in [2.75, 3.05) is 6.79 Å². The smallest absolute Gasteiger partial charge is 0.231 e. The van der Waals surface area contributed by atoms with Gasteiger partial charge in [0.05, 0.1) is 6.10 Å². The molecular weight excluding hydrogens is 256 g/mol. The molecule has 0 saturated heterocycles. The highest BCUT2D eigenvalue weighted by molar-refractivity contribution is 6.02. The van der Waals surface area contributed by atoms with Crippen molar-refractivity contribution < 1.29 is 19.4 Å². The van der Waals surface area contributed by atoms with Gasteiger partial charge in [0.2, 0.25) is 6.79 Å². The molecule has 3 atom stereocenters. The summed E-state index contributed by atoms with van der Waals surface area (Å²) in [6, 6.07) is 3.52. The highest BCUT2D eigenvalue weighted by atomic mass is 16.7. The molecule has 1 N–H and O–H groups in total. The number of carbonyl (C=O) groups is 1. The third kappa shape index (κ3) is 1.48. The molecule has 0 aromatic heterocycles. The molecule has 3 aliphatic rings. The van der Waals surface area contributed by atoms with Gasteiger partial charge in [-0.1, -0.05) is 11.6 Å². The fraction of sp³-hybridized carbons (Fsp3) is 0.438. The molecule has 4 heteroatoms. The summed E-state index contributed by atoms with van der Waals surface area (Å²) in [6.45, 7) is 2.20. The van der Waals surface area contributed by atoms with Crippen molar-refractivity contribution in [2.24, 2.45) is 11.8 Å². The maximum atomic E-state index is 12.7. The first-order chi connectivity index (χ1) is 9.66. The van der Waals surface area contributed by atoms with Gasteiger partial charge < -0.3 is 14.6 Å². The quantitative estimate of drug-likeness (QED) is 0.738. The number of carbonyl (C=O) groups excluding carboxylic acids is 1. The van der Waals surface area contributed by atoms with E-state index < -0.39 is 6.10 Å². The Kier molecular flexibility index (Phi) is 2.45. The van der Waals surface area contributed by atoms with E-state index in [-0.39, 0.29) is 24.4 Å². The van der Waals surface area contributed by atoms with Crippen molar-refractivity contribution in [1.29, 1.82) is 0 Å². The Morgan fingerprint density at radius 2 is 2.15 bits per heavy atom. The summed E-state index contributed by atoms with van der Waals surface area (Å²) < 4.78 is 10.8. The van der Waals surface area contributed by atoms with E-state index in [9.17, 15) is 9.90 Å². The van der Waals surface area contributed by atoms with Crippen LogP contribution in [-0.2, 0) is 0 Å². The molecule has 2 aliphatic carbocycles. The Morgan fingerprint density at radius 1 is 1.30 bits per heavy atom. The van der Waals surface area contributed by atoms with E-state index in [0.29, 0.717) is 22.6 Å². The summed E-state index contributed by atoms with van der Waals surface area (Å²) in [4.78, 5) is 12.7. The summed E-state index contributed by atoms with van der Waals surface area (Å²) >= 11 is 0. The highest BCUT2D eigenvalue weighted by Crippen LogP contribution is 2.51. The van der Waals surface area contributed by atoms with E-state index >= 15 is 0 Å². The van der Waals surface area contributed by atoms with E-state index in [1.54, 1.807) is 12.1 Å². The zero-order valence-corrected chi connectivity index (χ0v) is 11.3. The van der Waals surface area contributed by atoms with Gasteiger partial charge in [-0.25, -0.2) is 0 Å². The van der Waals surface area contributed by atoms with Gasteiger partial charge in [0.1, 0.15) is 0 Å². The lowest BCUT2D eigenvalue weighted by Gasteiger charge is -2.38. The van der Waals surface area contributed by atoms with Gasteiger partial charge in [-0.05, 0) is 31.9 Å². The Morgan fingerprint density at radius 3 is 3.00 bits per heavy atom. The first kappa shape index (κ1) is 12.0. The summed E-state index contributed by atoms with van der Waals surface area (Å²) in [7, 11) is 0. The van der Waals surface area contributed by atoms with Crippen LogP contribution in [0.5, 0.6) is 11.5 Å². The zero-order valence-electron chi connectivity index (χ0n) is 11.3. The maximum Gasteiger partial charge on any atom is 0.231 e. The van der Waals surface area contributed by atoms with Crippen LogP contribution in [0.3, 0.4) is 0 Å². The lowest BCUT2D eigenvalue weighted by molar-refractivity contribution is 0.0437. The van der Waals surface area contributed by atoms with Crippen LogP contribution in [0.4, 0.5) is 0 Å². The van der Waals surface area contributed by atoms with Crippen molar-refractivity contribution in [3.63, 3.8) is 0 Å². The molecule has 1 aromatic carbocycles. The predicted octanol–water partition coefficient (Wildman–Crippen LogP) is 2.62. The van der Waals surface area contributed by atoms with Gasteiger partial charge in [0, 0.05) is 23.0 Å². The standard InChI is InChI=1S/C16H16O4/c1-8-2-3-9-11(6-8)14(17)10-4-5-12-16(20-7-19-12)13(10)15(9)18/h2,4-5,9,11,15,18H,3,6-7H2,1H3. The molecule has 4 nitrogen and oxygen atoms in total.